The summed E-state index contributed by atoms with van der Waals surface area (Å²) in [6.45, 7) is 4.22. The zero-order valence-corrected chi connectivity index (χ0v) is 8.54. The molecule has 14 heavy (non-hydrogen) atoms. The van der Waals surface area contributed by atoms with Crippen molar-refractivity contribution >= 4 is 11.8 Å². The molecule has 1 rings (SSSR count). The van der Waals surface area contributed by atoms with Crippen LogP contribution in [0.15, 0.2) is 24.3 Å². The first kappa shape index (κ1) is 10.6. The summed E-state index contributed by atoms with van der Waals surface area (Å²) in [7, 11) is 0. The zero-order valence-electron chi connectivity index (χ0n) is 8.54. The van der Waals surface area contributed by atoms with Gasteiger partial charge in [-0.3, -0.25) is 5.32 Å². The van der Waals surface area contributed by atoms with Crippen LogP contribution in [0.3, 0.4) is 0 Å². The fourth-order valence-corrected chi connectivity index (χ4v) is 1.23. The molecule has 0 aliphatic rings. The first-order valence-corrected chi connectivity index (χ1v) is 4.79. The molecule has 0 spiro atoms. The molecule has 0 aliphatic carbocycles. The molecule has 0 radical (unpaired) electrons. The average molecular weight is 193 g/mol. The average Bonchev–Trinajstić information content (AvgIpc) is 2.19. The highest BCUT2D eigenvalue weighted by atomic mass is 16.5. The molecule has 76 valence electrons. The first-order valence-electron chi connectivity index (χ1n) is 4.79. The van der Waals surface area contributed by atoms with Crippen LogP contribution >= 0.6 is 0 Å². The molecule has 1 aromatic carbocycles. The highest BCUT2D eigenvalue weighted by molar-refractivity contribution is 5.85. The van der Waals surface area contributed by atoms with Gasteiger partial charge in [-0.15, -0.1) is 0 Å². The second-order valence-electron chi connectivity index (χ2n) is 2.86. The highest BCUT2D eigenvalue weighted by Crippen LogP contribution is 2.15. The topological polar surface area (TPSA) is 38.3 Å². The summed E-state index contributed by atoms with van der Waals surface area (Å²) in [6.07, 6.45) is 0.496. The number of carbonyl (C=O) groups is 1. The lowest BCUT2D eigenvalue weighted by Crippen LogP contribution is -2.14. The van der Waals surface area contributed by atoms with Crippen LogP contribution in [-0.4, -0.2) is 12.7 Å². The molecule has 3 heteroatoms. The van der Waals surface area contributed by atoms with E-state index < -0.39 is 6.09 Å². The van der Waals surface area contributed by atoms with Crippen molar-refractivity contribution in [2.75, 3.05) is 11.9 Å². The van der Waals surface area contributed by atoms with Gasteiger partial charge in [0.05, 0.1) is 6.61 Å². The fraction of sp³-hybridized carbons (Fsp3) is 0.364. The summed E-state index contributed by atoms with van der Waals surface area (Å²) in [4.78, 5) is 11.1. The van der Waals surface area contributed by atoms with Gasteiger partial charge in [-0.05, 0) is 25.0 Å². The van der Waals surface area contributed by atoms with Crippen LogP contribution < -0.4 is 5.32 Å². The van der Waals surface area contributed by atoms with E-state index in [-0.39, 0.29) is 0 Å². The van der Waals surface area contributed by atoms with Gasteiger partial charge in [-0.25, -0.2) is 4.79 Å². The van der Waals surface area contributed by atoms with Crippen LogP contribution in [-0.2, 0) is 11.2 Å². The van der Waals surface area contributed by atoms with Gasteiger partial charge < -0.3 is 4.74 Å². The number of benzene rings is 1. The quantitative estimate of drug-likeness (QED) is 0.801. The second-order valence-corrected chi connectivity index (χ2v) is 2.86. The molecule has 0 saturated heterocycles. The maximum Gasteiger partial charge on any atom is 0.411 e. The summed E-state index contributed by atoms with van der Waals surface area (Å²) in [5, 5.41) is 2.70. The minimum Gasteiger partial charge on any atom is -0.450 e. The summed E-state index contributed by atoms with van der Waals surface area (Å²) >= 11 is 0. The zero-order chi connectivity index (χ0) is 10.4. The number of hydrogen-bond acceptors (Lipinski definition) is 2. The molecule has 0 saturated carbocycles. The molecule has 0 fully saturated rings. The van der Waals surface area contributed by atoms with Crippen molar-refractivity contribution in [2.24, 2.45) is 0 Å². The van der Waals surface area contributed by atoms with E-state index in [2.05, 4.69) is 5.32 Å². The monoisotopic (exact) mass is 193 g/mol. The van der Waals surface area contributed by atoms with E-state index in [1.807, 2.05) is 31.2 Å². The van der Waals surface area contributed by atoms with E-state index in [1.54, 1.807) is 6.92 Å². The lowest BCUT2D eigenvalue weighted by molar-refractivity contribution is 0.168. The van der Waals surface area contributed by atoms with Crippen LogP contribution in [0.25, 0.3) is 0 Å². The van der Waals surface area contributed by atoms with Crippen LogP contribution in [0.1, 0.15) is 19.4 Å². The van der Waals surface area contributed by atoms with Gasteiger partial charge in [0, 0.05) is 5.69 Å². The molecule has 1 amide bonds. The number of nitrogens with one attached hydrogen (secondary N) is 1. The van der Waals surface area contributed by atoms with Crippen LogP contribution in [0, 0.1) is 0 Å². The van der Waals surface area contributed by atoms with Crippen molar-refractivity contribution in [1.82, 2.24) is 0 Å². The van der Waals surface area contributed by atoms with Crippen molar-refractivity contribution in [2.45, 2.75) is 20.3 Å². The third-order valence-corrected chi connectivity index (χ3v) is 1.91. The van der Waals surface area contributed by atoms with Crippen LogP contribution in [0.2, 0.25) is 0 Å². The van der Waals surface area contributed by atoms with E-state index in [9.17, 15) is 4.79 Å². The standard InChI is InChI=1S/C11H15NO2/c1-3-9-7-5-6-8-10(9)12-11(13)14-4-2/h5-8H,3-4H2,1-2H3,(H,12,13). The van der Waals surface area contributed by atoms with Crippen molar-refractivity contribution in [3.63, 3.8) is 0 Å². The number of rotatable bonds is 3. The number of carbonyl (C=O) groups excluding carboxylic acids is 1. The third kappa shape index (κ3) is 2.76. The van der Waals surface area contributed by atoms with Gasteiger partial charge in [-0.2, -0.15) is 0 Å². The van der Waals surface area contributed by atoms with E-state index in [1.165, 1.54) is 0 Å². The van der Waals surface area contributed by atoms with Crippen molar-refractivity contribution < 1.29 is 9.53 Å². The number of anilines is 1. The van der Waals surface area contributed by atoms with Gasteiger partial charge in [0.25, 0.3) is 0 Å². The minimum atomic E-state index is -0.395. The molecule has 0 bridgehead atoms. The highest BCUT2D eigenvalue weighted by Gasteiger charge is 2.04. The predicted molar refractivity (Wildman–Crippen MR) is 56.5 cm³/mol. The molecular weight excluding hydrogens is 178 g/mol. The number of para-hydroxylation sites is 1. The Balaban J connectivity index is 2.70. The molecule has 0 aliphatic heterocycles. The Bertz CT molecular complexity index is 310. The second kappa shape index (κ2) is 5.27. The van der Waals surface area contributed by atoms with Crippen molar-refractivity contribution in [1.29, 1.82) is 0 Å². The molecule has 1 N–H and O–H groups in total. The van der Waals surface area contributed by atoms with Crippen molar-refractivity contribution in [3.05, 3.63) is 29.8 Å². The molecule has 0 aromatic heterocycles. The number of hydrogen-bond donors (Lipinski definition) is 1. The molecule has 3 nitrogen and oxygen atoms in total. The van der Waals surface area contributed by atoms with Gasteiger partial charge in [0.15, 0.2) is 0 Å². The van der Waals surface area contributed by atoms with Gasteiger partial charge in [-0.1, -0.05) is 25.1 Å². The molecule has 0 heterocycles. The minimum absolute atomic E-state index is 0.389. The Hall–Kier alpha value is -1.51. The van der Waals surface area contributed by atoms with Gasteiger partial charge in [0.1, 0.15) is 0 Å². The summed E-state index contributed by atoms with van der Waals surface area (Å²) in [5.74, 6) is 0. The molecule has 0 atom stereocenters. The predicted octanol–water partition coefficient (Wildman–Crippen LogP) is 2.82. The Morgan fingerprint density at radius 2 is 2.07 bits per heavy atom. The van der Waals surface area contributed by atoms with E-state index in [0.717, 1.165) is 17.7 Å². The summed E-state index contributed by atoms with van der Waals surface area (Å²) in [5.41, 5.74) is 1.94. The SMILES string of the molecule is CCOC(=O)Nc1ccccc1CC. The largest absolute Gasteiger partial charge is 0.450 e. The Morgan fingerprint density at radius 3 is 2.71 bits per heavy atom. The molecule has 0 unspecified atom stereocenters. The Labute approximate surface area is 84.1 Å². The molecule has 1 aromatic rings. The Kier molecular flexibility index (Phi) is 3.98. The fourth-order valence-electron chi connectivity index (χ4n) is 1.23. The Morgan fingerprint density at radius 1 is 1.36 bits per heavy atom. The van der Waals surface area contributed by atoms with Crippen LogP contribution in [0.4, 0.5) is 10.5 Å². The summed E-state index contributed by atoms with van der Waals surface area (Å²) < 4.78 is 4.80. The van der Waals surface area contributed by atoms with Crippen LogP contribution in [0.5, 0.6) is 0 Å². The van der Waals surface area contributed by atoms with E-state index >= 15 is 0 Å². The number of ether oxygens (including phenoxy) is 1. The first-order chi connectivity index (χ1) is 6.77. The maximum atomic E-state index is 11.1. The van der Waals surface area contributed by atoms with Gasteiger partial charge in [0.2, 0.25) is 0 Å². The number of aryl methyl sites for hydroxylation is 1. The normalized spacial score (nSPS) is 9.57. The third-order valence-electron chi connectivity index (χ3n) is 1.91. The lowest BCUT2D eigenvalue weighted by Gasteiger charge is -2.08. The number of amides is 1. The van der Waals surface area contributed by atoms with E-state index in [4.69, 9.17) is 4.74 Å². The smallest absolute Gasteiger partial charge is 0.411 e. The van der Waals surface area contributed by atoms with Gasteiger partial charge >= 0.3 is 6.09 Å². The van der Waals surface area contributed by atoms with E-state index in [0.29, 0.717) is 6.61 Å². The van der Waals surface area contributed by atoms with Crippen molar-refractivity contribution in [3.8, 4) is 0 Å². The molecular formula is C11H15NO2. The summed E-state index contributed by atoms with van der Waals surface area (Å²) in [6, 6.07) is 7.70. The maximum absolute atomic E-state index is 11.1. The lowest BCUT2D eigenvalue weighted by atomic mass is 10.1.